The SMILES string of the molecule is O=C(O)c1c(-c2ccc(Cl)cc2Cl)cn2ccccc12. The van der Waals surface area contributed by atoms with Gasteiger partial charge >= 0.3 is 5.97 Å². The molecule has 1 N–H and O–H groups in total. The molecule has 0 fully saturated rings. The van der Waals surface area contributed by atoms with E-state index < -0.39 is 5.97 Å². The summed E-state index contributed by atoms with van der Waals surface area (Å²) in [4.78, 5) is 11.6. The van der Waals surface area contributed by atoms with Crippen LogP contribution in [0.1, 0.15) is 10.4 Å². The third kappa shape index (κ3) is 2.05. The van der Waals surface area contributed by atoms with Gasteiger partial charge in [0, 0.05) is 33.6 Å². The first-order valence-electron chi connectivity index (χ1n) is 5.86. The van der Waals surface area contributed by atoms with Crippen molar-refractivity contribution in [1.29, 1.82) is 0 Å². The van der Waals surface area contributed by atoms with Gasteiger partial charge in [0.2, 0.25) is 0 Å². The smallest absolute Gasteiger partial charge is 0.338 e. The van der Waals surface area contributed by atoms with Crippen LogP contribution in [0.3, 0.4) is 0 Å². The Morgan fingerprint density at radius 3 is 2.60 bits per heavy atom. The molecule has 0 aliphatic rings. The summed E-state index contributed by atoms with van der Waals surface area (Å²) >= 11 is 12.1. The Balaban J connectivity index is 2.35. The van der Waals surface area contributed by atoms with Crippen molar-refractivity contribution in [2.45, 2.75) is 0 Å². The molecule has 2 heterocycles. The van der Waals surface area contributed by atoms with Crippen LogP contribution < -0.4 is 0 Å². The minimum absolute atomic E-state index is 0.231. The molecule has 100 valence electrons. The molecule has 0 atom stereocenters. The molecule has 0 aliphatic carbocycles. The fourth-order valence-corrected chi connectivity index (χ4v) is 2.77. The summed E-state index contributed by atoms with van der Waals surface area (Å²) in [7, 11) is 0. The van der Waals surface area contributed by atoms with E-state index in [1.54, 1.807) is 47.1 Å². The number of aromatic carboxylic acids is 1. The van der Waals surface area contributed by atoms with Crippen molar-refractivity contribution in [3.05, 3.63) is 64.4 Å². The first-order chi connectivity index (χ1) is 9.58. The number of rotatable bonds is 2. The van der Waals surface area contributed by atoms with Gasteiger partial charge in [0.05, 0.1) is 11.1 Å². The fourth-order valence-electron chi connectivity index (χ4n) is 2.26. The number of fused-ring (bicyclic) bond motifs is 1. The lowest BCUT2D eigenvalue weighted by Gasteiger charge is -2.04. The van der Waals surface area contributed by atoms with Crippen LogP contribution in [-0.4, -0.2) is 15.5 Å². The lowest BCUT2D eigenvalue weighted by Crippen LogP contribution is -1.97. The van der Waals surface area contributed by atoms with Gasteiger partial charge in [-0.05, 0) is 24.3 Å². The average molecular weight is 306 g/mol. The summed E-state index contributed by atoms with van der Waals surface area (Å²) in [6, 6.07) is 10.4. The predicted octanol–water partition coefficient (Wildman–Crippen LogP) is 4.61. The number of hydrogen-bond acceptors (Lipinski definition) is 1. The molecule has 0 radical (unpaired) electrons. The number of carboxylic acid groups (broad SMARTS) is 1. The van der Waals surface area contributed by atoms with E-state index in [0.717, 1.165) is 0 Å². The molecular formula is C15H9Cl2NO2. The molecule has 0 saturated heterocycles. The number of aromatic nitrogens is 1. The number of benzene rings is 1. The molecule has 0 aliphatic heterocycles. The van der Waals surface area contributed by atoms with E-state index in [4.69, 9.17) is 23.2 Å². The summed E-state index contributed by atoms with van der Waals surface area (Å²) in [5, 5.41) is 10.4. The molecule has 1 aromatic carbocycles. The van der Waals surface area contributed by atoms with Gasteiger partial charge in [0.15, 0.2) is 0 Å². The Morgan fingerprint density at radius 2 is 1.90 bits per heavy atom. The summed E-state index contributed by atoms with van der Waals surface area (Å²) in [5.41, 5.74) is 2.08. The van der Waals surface area contributed by atoms with Crippen molar-refractivity contribution < 1.29 is 9.90 Å². The van der Waals surface area contributed by atoms with E-state index in [-0.39, 0.29) is 5.56 Å². The molecule has 0 bridgehead atoms. The summed E-state index contributed by atoms with van der Waals surface area (Å²) in [5.74, 6) is -0.986. The van der Waals surface area contributed by atoms with E-state index in [0.29, 0.717) is 26.7 Å². The monoisotopic (exact) mass is 305 g/mol. The molecule has 20 heavy (non-hydrogen) atoms. The van der Waals surface area contributed by atoms with Crippen LogP contribution >= 0.6 is 23.2 Å². The average Bonchev–Trinajstić information content (AvgIpc) is 2.77. The predicted molar refractivity (Wildman–Crippen MR) is 79.8 cm³/mol. The van der Waals surface area contributed by atoms with Gasteiger partial charge in [-0.1, -0.05) is 35.3 Å². The molecule has 3 nitrogen and oxygen atoms in total. The van der Waals surface area contributed by atoms with Crippen molar-refractivity contribution in [3.8, 4) is 11.1 Å². The molecule has 5 heteroatoms. The van der Waals surface area contributed by atoms with Crippen LogP contribution in [0.4, 0.5) is 0 Å². The fraction of sp³-hybridized carbons (Fsp3) is 0. The molecule has 0 spiro atoms. The second kappa shape index (κ2) is 4.85. The minimum atomic E-state index is -0.986. The molecular weight excluding hydrogens is 297 g/mol. The lowest BCUT2D eigenvalue weighted by atomic mass is 10.0. The van der Waals surface area contributed by atoms with Gasteiger partial charge in [-0.2, -0.15) is 0 Å². The summed E-state index contributed by atoms with van der Waals surface area (Å²) in [6.07, 6.45) is 3.56. The van der Waals surface area contributed by atoms with Gasteiger partial charge in [0.1, 0.15) is 0 Å². The Hall–Kier alpha value is -1.97. The van der Waals surface area contributed by atoms with E-state index in [1.807, 2.05) is 6.07 Å². The molecule has 3 rings (SSSR count). The van der Waals surface area contributed by atoms with Crippen molar-refractivity contribution in [3.63, 3.8) is 0 Å². The lowest BCUT2D eigenvalue weighted by molar-refractivity contribution is 0.0700. The topological polar surface area (TPSA) is 41.7 Å². The Labute approximate surface area is 125 Å². The van der Waals surface area contributed by atoms with Gasteiger partial charge in [-0.25, -0.2) is 4.79 Å². The molecule has 0 saturated carbocycles. The summed E-state index contributed by atoms with van der Waals surface area (Å²) in [6.45, 7) is 0. The highest BCUT2D eigenvalue weighted by molar-refractivity contribution is 6.36. The number of carbonyl (C=O) groups is 1. The maximum atomic E-state index is 11.6. The van der Waals surface area contributed by atoms with Crippen molar-refractivity contribution in [2.75, 3.05) is 0 Å². The molecule has 0 unspecified atom stereocenters. The van der Waals surface area contributed by atoms with Crippen molar-refractivity contribution >= 4 is 34.7 Å². The first kappa shape index (κ1) is 13.0. The highest BCUT2D eigenvalue weighted by Crippen LogP contribution is 2.35. The maximum absolute atomic E-state index is 11.6. The third-order valence-corrected chi connectivity index (χ3v) is 3.67. The largest absolute Gasteiger partial charge is 0.478 e. The number of hydrogen-bond donors (Lipinski definition) is 1. The first-order valence-corrected chi connectivity index (χ1v) is 6.62. The number of nitrogens with zero attached hydrogens (tertiary/aromatic N) is 1. The van der Waals surface area contributed by atoms with E-state index >= 15 is 0 Å². The highest BCUT2D eigenvalue weighted by atomic mass is 35.5. The zero-order chi connectivity index (χ0) is 14.3. The van der Waals surface area contributed by atoms with E-state index in [2.05, 4.69) is 0 Å². The van der Waals surface area contributed by atoms with Crippen molar-refractivity contribution in [1.82, 2.24) is 4.40 Å². The standard InChI is InChI=1S/C15H9Cl2NO2/c16-9-4-5-10(12(17)7-9)11-8-18-6-2-1-3-13(18)14(11)15(19)20/h1-8H,(H,19,20). The zero-order valence-corrected chi connectivity index (χ0v) is 11.7. The highest BCUT2D eigenvalue weighted by Gasteiger charge is 2.19. The third-order valence-electron chi connectivity index (χ3n) is 3.12. The molecule has 3 aromatic rings. The van der Waals surface area contributed by atoms with Gasteiger partial charge in [-0.15, -0.1) is 0 Å². The second-order valence-electron chi connectivity index (χ2n) is 4.34. The number of carboxylic acids is 1. The van der Waals surface area contributed by atoms with Crippen LogP contribution in [-0.2, 0) is 0 Å². The van der Waals surface area contributed by atoms with E-state index in [1.165, 1.54) is 0 Å². The van der Waals surface area contributed by atoms with Crippen LogP contribution in [0.5, 0.6) is 0 Å². The van der Waals surface area contributed by atoms with Crippen LogP contribution in [0.15, 0.2) is 48.8 Å². The van der Waals surface area contributed by atoms with Crippen LogP contribution in [0, 0.1) is 0 Å². The van der Waals surface area contributed by atoms with Crippen LogP contribution in [0.25, 0.3) is 16.6 Å². The van der Waals surface area contributed by atoms with Gasteiger partial charge < -0.3 is 9.51 Å². The van der Waals surface area contributed by atoms with Gasteiger partial charge in [-0.3, -0.25) is 0 Å². The maximum Gasteiger partial charge on any atom is 0.338 e. The Morgan fingerprint density at radius 1 is 1.10 bits per heavy atom. The number of halogens is 2. The number of pyridine rings is 1. The van der Waals surface area contributed by atoms with E-state index in [9.17, 15) is 9.90 Å². The Bertz CT molecular complexity index is 824. The Kier molecular flexibility index (Phi) is 3.16. The molecule has 0 amide bonds. The van der Waals surface area contributed by atoms with Crippen molar-refractivity contribution in [2.24, 2.45) is 0 Å². The quantitative estimate of drug-likeness (QED) is 0.751. The molecule has 2 aromatic heterocycles. The van der Waals surface area contributed by atoms with Gasteiger partial charge in [0.25, 0.3) is 0 Å². The second-order valence-corrected chi connectivity index (χ2v) is 5.18. The minimum Gasteiger partial charge on any atom is -0.478 e. The normalized spacial score (nSPS) is 10.9. The zero-order valence-electron chi connectivity index (χ0n) is 10.2. The summed E-state index contributed by atoms with van der Waals surface area (Å²) < 4.78 is 1.77. The van der Waals surface area contributed by atoms with Crippen LogP contribution in [0.2, 0.25) is 10.0 Å².